The molecule has 1 saturated heterocycles. The lowest BCUT2D eigenvalue weighted by atomic mass is 9.96. The number of nitrogens with two attached hydrogens (primary N) is 1. The van der Waals surface area contributed by atoms with Gasteiger partial charge in [-0.25, -0.2) is 0 Å². The van der Waals surface area contributed by atoms with Crippen molar-refractivity contribution in [1.82, 2.24) is 4.98 Å². The second-order valence-electron chi connectivity index (χ2n) is 4.45. The van der Waals surface area contributed by atoms with Crippen LogP contribution in [-0.2, 0) is 9.53 Å². The van der Waals surface area contributed by atoms with Crippen LogP contribution in [-0.4, -0.2) is 30.6 Å². The number of carbonyl (C=O) groups is 1. The molecule has 5 heteroatoms. The van der Waals surface area contributed by atoms with Gasteiger partial charge in [-0.3, -0.25) is 9.78 Å². The Labute approximate surface area is 107 Å². The Balaban J connectivity index is 1.95. The number of rotatable bonds is 3. The van der Waals surface area contributed by atoms with E-state index in [0.717, 1.165) is 31.6 Å². The summed E-state index contributed by atoms with van der Waals surface area (Å²) in [5, 5.41) is 0. The van der Waals surface area contributed by atoms with Crippen molar-refractivity contribution in [2.45, 2.75) is 19.8 Å². The van der Waals surface area contributed by atoms with Crippen molar-refractivity contribution in [1.29, 1.82) is 0 Å². The van der Waals surface area contributed by atoms with Gasteiger partial charge in [0.2, 0.25) is 0 Å². The molecule has 0 unspecified atom stereocenters. The van der Waals surface area contributed by atoms with Crippen LogP contribution in [0, 0.1) is 5.92 Å². The summed E-state index contributed by atoms with van der Waals surface area (Å²) in [7, 11) is 0. The van der Waals surface area contributed by atoms with E-state index in [4.69, 9.17) is 10.5 Å². The topological polar surface area (TPSA) is 68.5 Å². The van der Waals surface area contributed by atoms with E-state index in [9.17, 15) is 4.79 Å². The molecule has 0 aliphatic carbocycles. The molecule has 0 spiro atoms. The summed E-state index contributed by atoms with van der Waals surface area (Å²) in [6, 6.07) is 1.92. The maximum atomic E-state index is 11.6. The molecule has 0 bridgehead atoms. The molecule has 5 nitrogen and oxygen atoms in total. The highest BCUT2D eigenvalue weighted by atomic mass is 16.5. The normalized spacial score (nSPS) is 16.6. The predicted molar refractivity (Wildman–Crippen MR) is 70.2 cm³/mol. The van der Waals surface area contributed by atoms with Gasteiger partial charge in [-0.2, -0.15) is 0 Å². The van der Waals surface area contributed by atoms with Crippen molar-refractivity contribution in [2.24, 2.45) is 5.92 Å². The smallest absolute Gasteiger partial charge is 0.309 e. The second kappa shape index (κ2) is 5.71. The number of aromatic nitrogens is 1. The number of hydrogen-bond acceptors (Lipinski definition) is 5. The van der Waals surface area contributed by atoms with Crippen LogP contribution in [0.25, 0.3) is 0 Å². The third kappa shape index (κ3) is 2.72. The van der Waals surface area contributed by atoms with E-state index >= 15 is 0 Å². The Hall–Kier alpha value is -1.78. The van der Waals surface area contributed by atoms with E-state index < -0.39 is 0 Å². The van der Waals surface area contributed by atoms with Gasteiger partial charge in [-0.15, -0.1) is 0 Å². The van der Waals surface area contributed by atoms with E-state index in [-0.39, 0.29) is 11.9 Å². The van der Waals surface area contributed by atoms with Crippen LogP contribution >= 0.6 is 0 Å². The van der Waals surface area contributed by atoms with Gasteiger partial charge in [0.15, 0.2) is 0 Å². The molecule has 2 rings (SSSR count). The maximum Gasteiger partial charge on any atom is 0.309 e. The average molecular weight is 249 g/mol. The predicted octanol–water partition coefficient (Wildman–Crippen LogP) is 1.44. The summed E-state index contributed by atoms with van der Waals surface area (Å²) in [6.45, 7) is 3.95. The van der Waals surface area contributed by atoms with Gasteiger partial charge in [0, 0.05) is 19.3 Å². The molecule has 0 aromatic carbocycles. The lowest BCUT2D eigenvalue weighted by Crippen LogP contribution is -2.37. The number of ether oxygens (including phenoxy) is 1. The number of hydrogen-bond donors (Lipinski definition) is 1. The third-order valence-corrected chi connectivity index (χ3v) is 3.28. The van der Waals surface area contributed by atoms with Gasteiger partial charge < -0.3 is 15.4 Å². The van der Waals surface area contributed by atoms with Crippen molar-refractivity contribution in [3.8, 4) is 0 Å². The Morgan fingerprint density at radius 3 is 2.89 bits per heavy atom. The zero-order chi connectivity index (χ0) is 13.0. The van der Waals surface area contributed by atoms with Gasteiger partial charge in [0.1, 0.15) is 0 Å². The number of anilines is 2. The van der Waals surface area contributed by atoms with Gasteiger partial charge >= 0.3 is 5.97 Å². The number of pyridine rings is 1. The zero-order valence-electron chi connectivity index (χ0n) is 10.6. The van der Waals surface area contributed by atoms with Crippen molar-refractivity contribution >= 4 is 17.3 Å². The molecule has 2 heterocycles. The Morgan fingerprint density at radius 1 is 1.56 bits per heavy atom. The van der Waals surface area contributed by atoms with E-state index in [1.54, 1.807) is 12.4 Å². The number of piperidine rings is 1. The van der Waals surface area contributed by atoms with Gasteiger partial charge in [0.25, 0.3) is 0 Å². The van der Waals surface area contributed by atoms with Gasteiger partial charge in [0.05, 0.1) is 30.1 Å². The molecular formula is C13H19N3O2. The van der Waals surface area contributed by atoms with Gasteiger partial charge in [-0.05, 0) is 25.8 Å². The minimum Gasteiger partial charge on any atom is -0.466 e. The standard InChI is InChI=1S/C13H19N3O2/c1-2-18-13(17)10-4-7-16(8-5-10)12-3-6-15-9-11(12)14/h3,6,9-10H,2,4-5,7-8,14H2,1H3. The molecule has 18 heavy (non-hydrogen) atoms. The SMILES string of the molecule is CCOC(=O)C1CCN(c2ccncc2N)CC1. The first-order valence-corrected chi connectivity index (χ1v) is 6.33. The minimum atomic E-state index is -0.0696. The molecule has 0 atom stereocenters. The fraction of sp³-hybridized carbons (Fsp3) is 0.538. The van der Waals surface area contributed by atoms with E-state index in [2.05, 4.69) is 9.88 Å². The molecular weight excluding hydrogens is 230 g/mol. The van der Waals surface area contributed by atoms with Crippen molar-refractivity contribution in [2.75, 3.05) is 30.3 Å². The quantitative estimate of drug-likeness (QED) is 0.821. The molecule has 2 N–H and O–H groups in total. The summed E-state index contributed by atoms with van der Waals surface area (Å²) < 4.78 is 5.05. The lowest BCUT2D eigenvalue weighted by molar-refractivity contribution is -0.148. The van der Waals surface area contributed by atoms with Crippen LogP contribution in [0.3, 0.4) is 0 Å². The summed E-state index contributed by atoms with van der Waals surface area (Å²) >= 11 is 0. The Bertz CT molecular complexity index is 414. The molecule has 98 valence electrons. The van der Waals surface area contributed by atoms with Gasteiger partial charge in [-0.1, -0.05) is 0 Å². The minimum absolute atomic E-state index is 0.0317. The monoisotopic (exact) mass is 249 g/mol. The van der Waals surface area contributed by atoms with Crippen LogP contribution in [0.4, 0.5) is 11.4 Å². The molecule has 0 amide bonds. The zero-order valence-corrected chi connectivity index (χ0v) is 10.6. The van der Waals surface area contributed by atoms with Crippen LogP contribution in [0.15, 0.2) is 18.5 Å². The highest BCUT2D eigenvalue weighted by molar-refractivity contribution is 5.73. The summed E-state index contributed by atoms with van der Waals surface area (Å²) in [6.07, 6.45) is 5.04. The van der Waals surface area contributed by atoms with E-state index in [0.29, 0.717) is 12.3 Å². The molecule has 1 aromatic rings. The maximum absolute atomic E-state index is 11.6. The Morgan fingerprint density at radius 2 is 2.28 bits per heavy atom. The number of nitrogens with zero attached hydrogens (tertiary/aromatic N) is 2. The second-order valence-corrected chi connectivity index (χ2v) is 4.45. The van der Waals surface area contributed by atoms with Crippen LogP contribution in [0.2, 0.25) is 0 Å². The van der Waals surface area contributed by atoms with Crippen LogP contribution in [0.1, 0.15) is 19.8 Å². The highest BCUT2D eigenvalue weighted by Crippen LogP contribution is 2.27. The Kier molecular flexibility index (Phi) is 4.02. The number of esters is 1. The summed E-state index contributed by atoms with van der Waals surface area (Å²) in [5.41, 5.74) is 7.59. The van der Waals surface area contributed by atoms with Crippen molar-refractivity contribution < 1.29 is 9.53 Å². The summed E-state index contributed by atoms with van der Waals surface area (Å²) in [4.78, 5) is 17.8. The summed E-state index contributed by atoms with van der Waals surface area (Å²) in [5.74, 6) is -0.0379. The largest absolute Gasteiger partial charge is 0.466 e. The van der Waals surface area contributed by atoms with E-state index in [1.807, 2.05) is 13.0 Å². The first kappa shape index (κ1) is 12.7. The lowest BCUT2D eigenvalue weighted by Gasteiger charge is -2.33. The third-order valence-electron chi connectivity index (χ3n) is 3.28. The highest BCUT2D eigenvalue weighted by Gasteiger charge is 2.26. The number of nitrogen functional groups attached to an aromatic ring is 1. The van der Waals surface area contributed by atoms with Crippen LogP contribution in [0.5, 0.6) is 0 Å². The van der Waals surface area contributed by atoms with Crippen LogP contribution < -0.4 is 10.6 Å². The van der Waals surface area contributed by atoms with Crippen molar-refractivity contribution in [3.05, 3.63) is 18.5 Å². The first-order valence-electron chi connectivity index (χ1n) is 6.33. The molecule has 1 aromatic heterocycles. The first-order chi connectivity index (χ1) is 8.72. The molecule has 1 fully saturated rings. The molecule has 0 radical (unpaired) electrons. The fourth-order valence-electron chi connectivity index (χ4n) is 2.30. The number of carbonyl (C=O) groups excluding carboxylic acids is 1. The molecule has 1 aliphatic rings. The van der Waals surface area contributed by atoms with E-state index in [1.165, 1.54) is 0 Å². The van der Waals surface area contributed by atoms with Crippen molar-refractivity contribution in [3.63, 3.8) is 0 Å². The fourth-order valence-corrected chi connectivity index (χ4v) is 2.30. The molecule has 1 aliphatic heterocycles. The molecule has 0 saturated carbocycles. The average Bonchev–Trinajstić information content (AvgIpc) is 2.40.